The molecule has 1 unspecified atom stereocenters. The molecule has 0 aromatic rings. The summed E-state index contributed by atoms with van der Waals surface area (Å²) in [5.41, 5.74) is 4.89. The van der Waals surface area contributed by atoms with Crippen molar-refractivity contribution in [1.82, 2.24) is 10.6 Å². The first-order valence-electron chi connectivity index (χ1n) is 3.91. The Morgan fingerprint density at radius 2 is 2.27 bits per heavy atom. The molecular weight excluding hydrogens is 142 g/mol. The molecule has 0 aromatic carbocycles. The van der Waals surface area contributed by atoms with Crippen LogP contribution in [-0.4, -0.2) is 25.7 Å². The molecule has 1 atom stereocenters. The summed E-state index contributed by atoms with van der Waals surface area (Å²) in [6.45, 7) is 2.75. The number of urea groups is 1. The van der Waals surface area contributed by atoms with E-state index in [-0.39, 0.29) is 0 Å². The minimum atomic E-state index is -0.448. The summed E-state index contributed by atoms with van der Waals surface area (Å²) in [4.78, 5) is 10.2. The van der Waals surface area contributed by atoms with Crippen molar-refractivity contribution in [3.8, 4) is 0 Å². The Morgan fingerprint density at radius 3 is 2.64 bits per heavy atom. The smallest absolute Gasteiger partial charge is 0.312 e. The Bertz CT molecular complexity index is 112. The van der Waals surface area contributed by atoms with Gasteiger partial charge in [-0.3, -0.25) is 0 Å². The highest BCUT2D eigenvalue weighted by molar-refractivity contribution is 5.71. The molecule has 0 saturated heterocycles. The lowest BCUT2D eigenvalue weighted by atomic mass is 10.1. The van der Waals surface area contributed by atoms with Crippen LogP contribution in [0, 0.1) is 0 Å². The van der Waals surface area contributed by atoms with Crippen LogP contribution in [0.25, 0.3) is 0 Å². The van der Waals surface area contributed by atoms with Crippen molar-refractivity contribution in [3.63, 3.8) is 0 Å². The summed E-state index contributed by atoms with van der Waals surface area (Å²) >= 11 is 0. The molecule has 0 aliphatic carbocycles. The number of primary amides is 1. The van der Waals surface area contributed by atoms with Gasteiger partial charge in [-0.2, -0.15) is 0 Å². The van der Waals surface area contributed by atoms with E-state index in [0.29, 0.717) is 12.6 Å². The second-order valence-electron chi connectivity index (χ2n) is 2.47. The highest BCUT2D eigenvalue weighted by Crippen LogP contribution is 1.93. The van der Waals surface area contributed by atoms with Gasteiger partial charge in [0.15, 0.2) is 0 Å². The van der Waals surface area contributed by atoms with E-state index in [0.717, 1.165) is 12.8 Å². The fourth-order valence-corrected chi connectivity index (χ4v) is 0.922. The fraction of sp³-hybridized carbons (Fsp3) is 0.857. The number of nitrogens with two attached hydrogens (primary N) is 1. The van der Waals surface area contributed by atoms with E-state index in [9.17, 15) is 4.79 Å². The summed E-state index contributed by atoms with van der Waals surface area (Å²) in [5, 5.41) is 5.68. The zero-order valence-corrected chi connectivity index (χ0v) is 7.18. The lowest BCUT2D eigenvalue weighted by Crippen LogP contribution is -2.34. The molecule has 0 heterocycles. The van der Waals surface area contributed by atoms with Crippen LogP contribution in [0.2, 0.25) is 0 Å². The standard InChI is InChI=1S/C7H17N3O/c1-3-6(9-2)4-5-10-7(8)11/h6,9H,3-5H2,1-2H3,(H3,8,10,11). The third-order valence-electron chi connectivity index (χ3n) is 1.69. The average Bonchev–Trinajstić information content (AvgIpc) is 1.98. The molecule has 4 N–H and O–H groups in total. The SMILES string of the molecule is CCC(CCNC(N)=O)NC. The third kappa shape index (κ3) is 5.66. The first kappa shape index (κ1) is 10.2. The molecule has 66 valence electrons. The van der Waals surface area contributed by atoms with Gasteiger partial charge in [0.05, 0.1) is 0 Å². The van der Waals surface area contributed by atoms with Crippen molar-refractivity contribution in [2.75, 3.05) is 13.6 Å². The Hall–Kier alpha value is -0.770. The molecule has 0 bridgehead atoms. The van der Waals surface area contributed by atoms with Crippen LogP contribution in [0.5, 0.6) is 0 Å². The van der Waals surface area contributed by atoms with Gasteiger partial charge in [0, 0.05) is 12.6 Å². The topological polar surface area (TPSA) is 67.1 Å². The summed E-state index contributed by atoms with van der Waals surface area (Å²) in [5.74, 6) is 0. The van der Waals surface area contributed by atoms with Gasteiger partial charge in [-0.05, 0) is 19.9 Å². The minimum absolute atomic E-state index is 0.448. The van der Waals surface area contributed by atoms with Crippen molar-refractivity contribution >= 4 is 6.03 Å². The largest absolute Gasteiger partial charge is 0.352 e. The first-order valence-corrected chi connectivity index (χ1v) is 3.91. The number of hydrogen-bond acceptors (Lipinski definition) is 2. The number of carbonyl (C=O) groups is 1. The predicted molar refractivity (Wildman–Crippen MR) is 45.3 cm³/mol. The van der Waals surface area contributed by atoms with Crippen molar-refractivity contribution in [2.24, 2.45) is 5.73 Å². The number of nitrogens with one attached hydrogen (secondary N) is 2. The zero-order chi connectivity index (χ0) is 8.69. The lowest BCUT2D eigenvalue weighted by molar-refractivity contribution is 0.248. The molecule has 0 rings (SSSR count). The summed E-state index contributed by atoms with van der Waals surface area (Å²) in [6.07, 6.45) is 1.99. The Morgan fingerprint density at radius 1 is 1.64 bits per heavy atom. The van der Waals surface area contributed by atoms with Crippen LogP contribution >= 0.6 is 0 Å². The lowest BCUT2D eigenvalue weighted by Gasteiger charge is -2.12. The Kier molecular flexibility index (Phi) is 5.56. The quantitative estimate of drug-likeness (QED) is 0.530. The second-order valence-corrected chi connectivity index (χ2v) is 2.47. The van der Waals surface area contributed by atoms with E-state index in [1.54, 1.807) is 0 Å². The van der Waals surface area contributed by atoms with E-state index in [2.05, 4.69) is 17.6 Å². The summed E-state index contributed by atoms with van der Waals surface area (Å²) in [7, 11) is 1.92. The molecule has 0 aliphatic rings. The molecule has 2 amide bonds. The highest BCUT2D eigenvalue weighted by Gasteiger charge is 2.01. The minimum Gasteiger partial charge on any atom is -0.352 e. The van der Waals surface area contributed by atoms with Crippen LogP contribution in [0.3, 0.4) is 0 Å². The maximum absolute atomic E-state index is 10.2. The van der Waals surface area contributed by atoms with Crippen LogP contribution in [0.15, 0.2) is 0 Å². The molecule has 4 nitrogen and oxygen atoms in total. The van der Waals surface area contributed by atoms with E-state index in [4.69, 9.17) is 5.73 Å². The number of hydrogen-bond donors (Lipinski definition) is 3. The van der Waals surface area contributed by atoms with Crippen LogP contribution in [0.1, 0.15) is 19.8 Å². The predicted octanol–water partition coefficient (Wildman–Crippen LogP) is 0.0428. The van der Waals surface area contributed by atoms with E-state index < -0.39 is 6.03 Å². The maximum atomic E-state index is 10.2. The molecule has 0 fully saturated rings. The summed E-state index contributed by atoms with van der Waals surface area (Å²) in [6, 6.07) is 0.0257. The van der Waals surface area contributed by atoms with E-state index >= 15 is 0 Å². The number of carbonyl (C=O) groups excluding carboxylic acids is 1. The van der Waals surface area contributed by atoms with Gasteiger partial charge in [-0.1, -0.05) is 6.92 Å². The highest BCUT2D eigenvalue weighted by atomic mass is 16.2. The normalized spacial score (nSPS) is 12.5. The van der Waals surface area contributed by atoms with Crippen molar-refractivity contribution in [3.05, 3.63) is 0 Å². The molecule has 0 radical (unpaired) electrons. The zero-order valence-electron chi connectivity index (χ0n) is 7.18. The molecule has 0 aliphatic heterocycles. The fourth-order valence-electron chi connectivity index (χ4n) is 0.922. The van der Waals surface area contributed by atoms with E-state index in [1.165, 1.54) is 0 Å². The molecule has 0 spiro atoms. The molecular formula is C7H17N3O. The van der Waals surface area contributed by atoms with Crippen LogP contribution < -0.4 is 16.4 Å². The molecule has 4 heteroatoms. The van der Waals surface area contributed by atoms with Crippen LogP contribution in [0.4, 0.5) is 4.79 Å². The number of amides is 2. The van der Waals surface area contributed by atoms with Crippen LogP contribution in [-0.2, 0) is 0 Å². The van der Waals surface area contributed by atoms with E-state index in [1.807, 2.05) is 7.05 Å². The van der Waals surface area contributed by atoms with Gasteiger partial charge in [-0.15, -0.1) is 0 Å². The van der Waals surface area contributed by atoms with Crippen molar-refractivity contribution in [1.29, 1.82) is 0 Å². The molecule has 11 heavy (non-hydrogen) atoms. The monoisotopic (exact) mass is 159 g/mol. The van der Waals surface area contributed by atoms with Gasteiger partial charge in [0.25, 0.3) is 0 Å². The Balaban J connectivity index is 3.28. The first-order chi connectivity index (χ1) is 5.20. The molecule has 0 aromatic heterocycles. The second kappa shape index (κ2) is 5.97. The third-order valence-corrected chi connectivity index (χ3v) is 1.69. The molecule has 0 saturated carbocycles. The van der Waals surface area contributed by atoms with Gasteiger partial charge in [0.2, 0.25) is 0 Å². The maximum Gasteiger partial charge on any atom is 0.312 e. The van der Waals surface area contributed by atoms with Gasteiger partial charge in [-0.25, -0.2) is 4.79 Å². The number of rotatable bonds is 5. The van der Waals surface area contributed by atoms with Crippen molar-refractivity contribution in [2.45, 2.75) is 25.8 Å². The average molecular weight is 159 g/mol. The summed E-state index contributed by atoms with van der Waals surface area (Å²) < 4.78 is 0. The van der Waals surface area contributed by atoms with Gasteiger partial charge >= 0.3 is 6.03 Å². The van der Waals surface area contributed by atoms with Gasteiger partial charge < -0.3 is 16.4 Å². The van der Waals surface area contributed by atoms with Gasteiger partial charge in [0.1, 0.15) is 0 Å². The van der Waals surface area contributed by atoms with Crippen molar-refractivity contribution < 1.29 is 4.79 Å². The Labute approximate surface area is 67.5 Å².